The van der Waals surface area contributed by atoms with Crippen molar-refractivity contribution in [2.24, 2.45) is 0 Å². The van der Waals surface area contributed by atoms with E-state index in [4.69, 9.17) is 4.42 Å². The lowest BCUT2D eigenvalue weighted by atomic mass is 10.1. The van der Waals surface area contributed by atoms with E-state index in [0.29, 0.717) is 30.3 Å². The van der Waals surface area contributed by atoms with Gasteiger partial charge in [-0.25, -0.2) is 13.1 Å². The molecule has 0 aliphatic heterocycles. The van der Waals surface area contributed by atoms with Crippen molar-refractivity contribution in [2.75, 3.05) is 0 Å². The van der Waals surface area contributed by atoms with Gasteiger partial charge < -0.3 is 9.73 Å². The van der Waals surface area contributed by atoms with Crippen molar-refractivity contribution < 1.29 is 17.6 Å². The molecule has 1 aromatic carbocycles. The van der Waals surface area contributed by atoms with Crippen LogP contribution in [-0.4, -0.2) is 30.6 Å². The summed E-state index contributed by atoms with van der Waals surface area (Å²) in [6, 6.07) is 8.89. The zero-order valence-electron chi connectivity index (χ0n) is 16.8. The number of hydrogen-bond donors (Lipinski definition) is 2. The van der Waals surface area contributed by atoms with E-state index in [0.717, 1.165) is 11.1 Å². The maximum absolute atomic E-state index is 12.1. The molecule has 0 spiro atoms. The third-order valence-electron chi connectivity index (χ3n) is 4.09. The summed E-state index contributed by atoms with van der Waals surface area (Å²) < 4.78 is 32.1. The lowest BCUT2D eigenvalue weighted by Crippen LogP contribution is -2.31. The number of sulfonamides is 1. The minimum atomic E-state index is -3.36. The molecule has 2 heterocycles. The van der Waals surface area contributed by atoms with Crippen LogP contribution in [-0.2, 0) is 33.5 Å². The fourth-order valence-corrected chi connectivity index (χ4v) is 4.80. The molecule has 3 aromatic rings. The summed E-state index contributed by atoms with van der Waals surface area (Å²) in [6.07, 6.45) is 0.602. The lowest BCUT2D eigenvalue weighted by molar-refractivity contribution is -0.121. The summed E-state index contributed by atoms with van der Waals surface area (Å²) in [6.45, 7) is 3.93. The van der Waals surface area contributed by atoms with Gasteiger partial charge in [-0.2, -0.15) is 11.3 Å². The van der Waals surface area contributed by atoms with Gasteiger partial charge in [-0.1, -0.05) is 24.3 Å². The van der Waals surface area contributed by atoms with Gasteiger partial charge in [-0.15, -0.1) is 10.2 Å². The van der Waals surface area contributed by atoms with Crippen LogP contribution >= 0.6 is 11.3 Å². The van der Waals surface area contributed by atoms with Crippen LogP contribution in [0.2, 0.25) is 0 Å². The van der Waals surface area contributed by atoms with Gasteiger partial charge in [0.15, 0.2) is 0 Å². The highest BCUT2D eigenvalue weighted by Gasteiger charge is 2.13. The Bertz CT molecular complexity index is 1060. The first-order valence-corrected chi connectivity index (χ1v) is 12.1. The first kappa shape index (κ1) is 22.1. The van der Waals surface area contributed by atoms with Gasteiger partial charge >= 0.3 is 0 Å². The van der Waals surface area contributed by atoms with Crippen molar-refractivity contribution in [3.8, 4) is 11.5 Å². The number of thiophene rings is 1. The molecule has 10 heteroatoms. The van der Waals surface area contributed by atoms with Crippen LogP contribution < -0.4 is 10.0 Å². The number of aromatic nitrogens is 2. The van der Waals surface area contributed by atoms with E-state index in [1.165, 1.54) is 0 Å². The van der Waals surface area contributed by atoms with E-state index in [1.54, 1.807) is 37.3 Å². The number of nitrogens with one attached hydrogen (secondary N) is 2. The first-order chi connectivity index (χ1) is 14.3. The Morgan fingerprint density at radius 1 is 1.13 bits per heavy atom. The van der Waals surface area contributed by atoms with Crippen molar-refractivity contribution in [3.63, 3.8) is 0 Å². The molecular weight excluding hydrogens is 424 g/mol. The van der Waals surface area contributed by atoms with Crippen molar-refractivity contribution in [1.29, 1.82) is 0 Å². The topological polar surface area (TPSA) is 114 Å². The number of aryl methyl sites for hydroxylation is 1. The zero-order chi connectivity index (χ0) is 21.6. The molecule has 0 fully saturated rings. The van der Waals surface area contributed by atoms with Crippen LogP contribution in [0.25, 0.3) is 11.5 Å². The molecule has 0 saturated heterocycles. The Balaban J connectivity index is 1.43. The average Bonchev–Trinajstić information content (AvgIpc) is 3.36. The van der Waals surface area contributed by atoms with Crippen LogP contribution in [0.4, 0.5) is 0 Å². The van der Waals surface area contributed by atoms with E-state index in [-0.39, 0.29) is 24.1 Å². The third-order valence-corrected chi connectivity index (χ3v) is 6.31. The van der Waals surface area contributed by atoms with Crippen molar-refractivity contribution in [2.45, 2.75) is 45.0 Å². The Kier molecular flexibility index (Phi) is 7.35. The van der Waals surface area contributed by atoms with Gasteiger partial charge in [-0.05, 0) is 36.4 Å². The second-order valence-electron chi connectivity index (χ2n) is 7.14. The minimum Gasteiger partial charge on any atom is -0.421 e. The highest BCUT2D eigenvalue weighted by Crippen LogP contribution is 2.20. The van der Waals surface area contributed by atoms with Crippen LogP contribution in [0.3, 0.4) is 0 Å². The number of nitrogens with zero attached hydrogens (tertiary/aromatic N) is 2. The van der Waals surface area contributed by atoms with E-state index < -0.39 is 10.0 Å². The molecule has 0 radical (unpaired) electrons. The van der Waals surface area contributed by atoms with Crippen molar-refractivity contribution in [1.82, 2.24) is 20.2 Å². The highest BCUT2D eigenvalue weighted by atomic mass is 32.2. The lowest BCUT2D eigenvalue weighted by Gasteiger charge is -2.10. The largest absolute Gasteiger partial charge is 0.421 e. The Morgan fingerprint density at radius 3 is 2.53 bits per heavy atom. The second kappa shape index (κ2) is 9.96. The monoisotopic (exact) mass is 448 g/mol. The second-order valence-corrected chi connectivity index (χ2v) is 9.67. The smallest absolute Gasteiger partial charge is 0.248 e. The molecule has 8 nitrogen and oxygen atoms in total. The van der Waals surface area contributed by atoms with Crippen LogP contribution in [0.15, 0.2) is 45.5 Å². The predicted octanol–water partition coefficient (Wildman–Crippen LogP) is 2.87. The quantitative estimate of drug-likeness (QED) is 0.493. The number of rotatable bonds is 10. The number of carbonyl (C=O) groups is 1. The van der Waals surface area contributed by atoms with Crippen molar-refractivity contribution in [3.05, 3.63) is 58.1 Å². The predicted molar refractivity (Wildman–Crippen MR) is 115 cm³/mol. The van der Waals surface area contributed by atoms with Gasteiger partial charge in [0.2, 0.25) is 27.7 Å². The normalized spacial score (nSPS) is 11.7. The van der Waals surface area contributed by atoms with Gasteiger partial charge in [-0.3, -0.25) is 4.79 Å². The molecule has 0 saturated carbocycles. The molecule has 0 unspecified atom stereocenters. The fourth-order valence-electron chi connectivity index (χ4n) is 2.74. The van der Waals surface area contributed by atoms with E-state index in [1.807, 2.05) is 29.0 Å². The molecule has 2 aromatic heterocycles. The molecule has 30 heavy (non-hydrogen) atoms. The minimum absolute atomic E-state index is 0.0740. The summed E-state index contributed by atoms with van der Waals surface area (Å²) in [5, 5.41) is 14.7. The molecule has 160 valence electrons. The number of carbonyl (C=O) groups excluding carboxylic acids is 1. The standard InChI is InChI=1S/C20H24N4O4S2/c1-14(2)24-30(26,27)13-16-5-3-15(4-6-16)11-21-18(25)7-8-19-22-23-20(28-19)17-9-10-29-12-17/h3-6,9-10,12,14,24H,7-8,11,13H2,1-2H3,(H,21,25). The van der Waals surface area contributed by atoms with Gasteiger partial charge in [0.25, 0.3) is 0 Å². The molecule has 0 aliphatic carbocycles. The zero-order valence-corrected chi connectivity index (χ0v) is 18.4. The van der Waals surface area contributed by atoms with Crippen molar-refractivity contribution >= 4 is 27.3 Å². The first-order valence-electron chi connectivity index (χ1n) is 9.50. The Hall–Kier alpha value is -2.56. The van der Waals surface area contributed by atoms with Crippen LogP contribution in [0.1, 0.15) is 37.3 Å². The number of amides is 1. The average molecular weight is 449 g/mol. The summed E-state index contributed by atoms with van der Waals surface area (Å²) >= 11 is 1.55. The maximum Gasteiger partial charge on any atom is 0.248 e. The molecule has 0 atom stereocenters. The Morgan fingerprint density at radius 2 is 1.87 bits per heavy atom. The third kappa shape index (κ3) is 6.75. The summed E-state index contributed by atoms with van der Waals surface area (Å²) in [7, 11) is -3.36. The maximum atomic E-state index is 12.1. The SMILES string of the molecule is CC(C)NS(=O)(=O)Cc1ccc(CNC(=O)CCc2nnc(-c3ccsc3)o2)cc1. The molecule has 1 amide bonds. The molecule has 0 bridgehead atoms. The van der Waals surface area contributed by atoms with Crippen LogP contribution in [0.5, 0.6) is 0 Å². The number of hydrogen-bond acceptors (Lipinski definition) is 7. The Labute approximate surface area is 179 Å². The fraction of sp³-hybridized carbons (Fsp3) is 0.350. The van der Waals surface area contributed by atoms with E-state index in [9.17, 15) is 13.2 Å². The van der Waals surface area contributed by atoms with Gasteiger partial charge in [0.1, 0.15) is 0 Å². The van der Waals surface area contributed by atoms with Gasteiger partial charge in [0, 0.05) is 36.4 Å². The van der Waals surface area contributed by atoms with E-state index in [2.05, 4.69) is 20.2 Å². The molecule has 3 rings (SSSR count). The summed E-state index contributed by atoms with van der Waals surface area (Å²) in [4.78, 5) is 12.1. The molecule has 0 aliphatic rings. The van der Waals surface area contributed by atoms with Gasteiger partial charge in [0.05, 0.1) is 5.75 Å². The summed E-state index contributed by atoms with van der Waals surface area (Å²) in [5.41, 5.74) is 2.45. The highest BCUT2D eigenvalue weighted by molar-refractivity contribution is 7.88. The number of benzene rings is 1. The van der Waals surface area contributed by atoms with E-state index >= 15 is 0 Å². The summed E-state index contributed by atoms with van der Waals surface area (Å²) in [5.74, 6) is 0.678. The van der Waals surface area contributed by atoms with Crippen LogP contribution in [0, 0.1) is 0 Å². The molecule has 2 N–H and O–H groups in total. The molecular formula is C20H24N4O4S2.